The standard InChI is InChI=1S/C27H37N3O/c1-18-14-19(2)16-20(15-18)24-21(9-11-28)22-17-27(5,10-8-23(22)29-24)26(3,4)25(31)30-12-6-7-13-30/h8,10,14-16,29H,6-7,9,11-13,17,28H2,1-5H3. The van der Waals surface area contributed by atoms with Crippen LogP contribution in [-0.2, 0) is 17.6 Å². The van der Waals surface area contributed by atoms with Crippen molar-refractivity contribution in [3.63, 3.8) is 0 Å². The largest absolute Gasteiger partial charge is 0.355 e. The third-order valence-corrected chi connectivity index (χ3v) is 7.67. The monoisotopic (exact) mass is 419 g/mol. The third kappa shape index (κ3) is 3.76. The smallest absolute Gasteiger partial charge is 0.229 e. The molecule has 0 radical (unpaired) electrons. The van der Waals surface area contributed by atoms with E-state index in [1.165, 1.54) is 39.2 Å². The fourth-order valence-corrected chi connectivity index (χ4v) is 5.41. The summed E-state index contributed by atoms with van der Waals surface area (Å²) in [6.45, 7) is 13.2. The van der Waals surface area contributed by atoms with Gasteiger partial charge in [-0.15, -0.1) is 0 Å². The highest BCUT2D eigenvalue weighted by Crippen LogP contribution is 2.49. The lowest BCUT2D eigenvalue weighted by atomic mass is 9.61. The quantitative estimate of drug-likeness (QED) is 0.714. The topological polar surface area (TPSA) is 62.1 Å². The van der Waals surface area contributed by atoms with Gasteiger partial charge in [0.2, 0.25) is 5.91 Å². The summed E-state index contributed by atoms with van der Waals surface area (Å²) < 4.78 is 0. The molecule has 4 rings (SSSR count). The molecular weight excluding hydrogens is 382 g/mol. The maximum Gasteiger partial charge on any atom is 0.229 e. The third-order valence-electron chi connectivity index (χ3n) is 7.67. The summed E-state index contributed by atoms with van der Waals surface area (Å²) in [6.07, 6.45) is 8.38. The van der Waals surface area contributed by atoms with Crippen molar-refractivity contribution in [2.24, 2.45) is 16.6 Å². The number of carbonyl (C=O) groups is 1. The summed E-state index contributed by atoms with van der Waals surface area (Å²) in [5.74, 6) is 0.283. The number of benzene rings is 1. The molecule has 1 saturated heterocycles. The summed E-state index contributed by atoms with van der Waals surface area (Å²) in [7, 11) is 0. The van der Waals surface area contributed by atoms with E-state index in [1.807, 2.05) is 0 Å². The van der Waals surface area contributed by atoms with Crippen LogP contribution in [0.4, 0.5) is 0 Å². The molecule has 4 nitrogen and oxygen atoms in total. The van der Waals surface area contributed by atoms with Gasteiger partial charge in [-0.1, -0.05) is 44.0 Å². The molecule has 1 aliphatic heterocycles. The minimum Gasteiger partial charge on any atom is -0.355 e. The van der Waals surface area contributed by atoms with Crippen molar-refractivity contribution in [1.82, 2.24) is 9.88 Å². The SMILES string of the molecule is Cc1cc(C)cc(-c2[nH]c3c(c2CCN)CC(C)(C(C)(C)C(=O)N2CCCC2)C=C3)c1. The number of hydrogen-bond acceptors (Lipinski definition) is 2. The number of nitrogens with zero attached hydrogens (tertiary/aromatic N) is 1. The van der Waals surface area contributed by atoms with Crippen molar-refractivity contribution >= 4 is 12.0 Å². The van der Waals surface area contributed by atoms with Crippen LogP contribution in [-0.4, -0.2) is 35.4 Å². The number of aromatic nitrogens is 1. The molecule has 1 aromatic heterocycles. The number of amides is 1. The number of likely N-dealkylation sites (tertiary alicyclic amines) is 1. The minimum absolute atomic E-state index is 0.245. The number of nitrogens with one attached hydrogen (secondary N) is 1. The Balaban J connectivity index is 1.74. The number of aryl methyl sites for hydroxylation is 2. The van der Waals surface area contributed by atoms with Gasteiger partial charge >= 0.3 is 0 Å². The van der Waals surface area contributed by atoms with Crippen LogP contribution in [0.15, 0.2) is 24.3 Å². The second-order valence-electron chi connectivity index (χ2n) is 10.3. The molecule has 31 heavy (non-hydrogen) atoms. The lowest BCUT2D eigenvalue weighted by molar-refractivity contribution is -0.144. The van der Waals surface area contributed by atoms with Crippen molar-refractivity contribution in [2.45, 2.75) is 60.3 Å². The summed E-state index contributed by atoms with van der Waals surface area (Å²) in [5.41, 5.74) is 14.1. The number of H-pyrrole nitrogens is 1. The van der Waals surface area contributed by atoms with Crippen LogP contribution in [0.25, 0.3) is 17.3 Å². The molecule has 1 fully saturated rings. The molecule has 1 unspecified atom stereocenters. The van der Waals surface area contributed by atoms with Crippen LogP contribution in [0, 0.1) is 24.7 Å². The number of allylic oxidation sites excluding steroid dienone is 1. The number of carbonyl (C=O) groups excluding carboxylic acids is 1. The minimum atomic E-state index is -0.469. The maximum absolute atomic E-state index is 13.5. The first-order valence-corrected chi connectivity index (χ1v) is 11.7. The van der Waals surface area contributed by atoms with Gasteiger partial charge in [0.15, 0.2) is 0 Å². The van der Waals surface area contributed by atoms with Crippen molar-refractivity contribution in [3.05, 3.63) is 52.2 Å². The summed E-state index contributed by atoms with van der Waals surface area (Å²) in [6, 6.07) is 6.69. The average Bonchev–Trinajstić information content (AvgIpc) is 3.35. The van der Waals surface area contributed by atoms with Gasteiger partial charge in [0.25, 0.3) is 0 Å². The number of fused-ring (bicyclic) bond motifs is 1. The Bertz CT molecular complexity index is 1000. The Morgan fingerprint density at radius 1 is 1.16 bits per heavy atom. The van der Waals surface area contributed by atoms with E-state index < -0.39 is 5.41 Å². The lowest BCUT2D eigenvalue weighted by Gasteiger charge is -2.44. The van der Waals surface area contributed by atoms with Crippen LogP contribution in [0.5, 0.6) is 0 Å². The molecule has 3 N–H and O–H groups in total. The highest BCUT2D eigenvalue weighted by molar-refractivity contribution is 5.84. The molecule has 4 heteroatoms. The molecule has 1 aromatic carbocycles. The fraction of sp³-hybridized carbons (Fsp3) is 0.519. The van der Waals surface area contributed by atoms with Gasteiger partial charge in [-0.3, -0.25) is 4.79 Å². The van der Waals surface area contributed by atoms with Crippen molar-refractivity contribution in [2.75, 3.05) is 19.6 Å². The number of nitrogens with two attached hydrogens (primary N) is 1. The lowest BCUT2D eigenvalue weighted by Crippen LogP contribution is -2.49. The van der Waals surface area contributed by atoms with Gasteiger partial charge in [-0.2, -0.15) is 0 Å². The molecule has 2 heterocycles. The maximum atomic E-state index is 13.5. The summed E-state index contributed by atoms with van der Waals surface area (Å²) >= 11 is 0. The second kappa shape index (κ2) is 7.98. The van der Waals surface area contributed by atoms with Crippen LogP contribution < -0.4 is 5.73 Å². The van der Waals surface area contributed by atoms with E-state index in [1.54, 1.807) is 0 Å². The number of hydrogen-bond donors (Lipinski definition) is 2. The number of rotatable bonds is 5. The van der Waals surface area contributed by atoms with Gasteiger partial charge in [-0.05, 0) is 81.0 Å². The Morgan fingerprint density at radius 2 is 1.81 bits per heavy atom. The van der Waals surface area contributed by atoms with E-state index in [0.717, 1.165) is 38.8 Å². The van der Waals surface area contributed by atoms with Gasteiger partial charge in [0.05, 0.1) is 5.41 Å². The van der Waals surface area contributed by atoms with Gasteiger partial charge in [0.1, 0.15) is 0 Å². The van der Waals surface area contributed by atoms with Gasteiger partial charge in [0, 0.05) is 29.9 Å². The van der Waals surface area contributed by atoms with Gasteiger partial charge < -0.3 is 15.6 Å². The zero-order valence-electron chi connectivity index (χ0n) is 19.8. The fourth-order valence-electron chi connectivity index (χ4n) is 5.41. The zero-order chi connectivity index (χ0) is 22.4. The molecule has 166 valence electrons. The van der Waals surface area contributed by atoms with Crippen LogP contribution in [0.3, 0.4) is 0 Å². The number of aromatic amines is 1. The molecule has 1 amide bonds. The van der Waals surface area contributed by atoms with E-state index in [4.69, 9.17) is 5.73 Å². The van der Waals surface area contributed by atoms with E-state index in [-0.39, 0.29) is 11.3 Å². The Morgan fingerprint density at radius 3 is 2.42 bits per heavy atom. The van der Waals surface area contributed by atoms with Crippen molar-refractivity contribution in [1.29, 1.82) is 0 Å². The molecule has 1 atom stereocenters. The van der Waals surface area contributed by atoms with E-state index >= 15 is 0 Å². The molecule has 0 spiro atoms. The molecule has 1 aliphatic carbocycles. The molecule has 0 bridgehead atoms. The van der Waals surface area contributed by atoms with E-state index in [2.05, 4.69) is 74.9 Å². The first kappa shape index (κ1) is 21.9. The Kier molecular flexibility index (Phi) is 5.63. The Hall–Kier alpha value is -2.33. The van der Waals surface area contributed by atoms with Crippen molar-refractivity contribution < 1.29 is 4.79 Å². The Labute approximate surface area is 186 Å². The van der Waals surface area contributed by atoms with Crippen LogP contribution >= 0.6 is 0 Å². The van der Waals surface area contributed by atoms with Crippen LogP contribution in [0.2, 0.25) is 0 Å². The van der Waals surface area contributed by atoms with Gasteiger partial charge in [-0.25, -0.2) is 0 Å². The van der Waals surface area contributed by atoms with Crippen LogP contribution in [0.1, 0.15) is 61.6 Å². The van der Waals surface area contributed by atoms with Crippen molar-refractivity contribution in [3.8, 4) is 11.3 Å². The first-order chi connectivity index (χ1) is 14.7. The molecule has 2 aliphatic rings. The summed E-state index contributed by atoms with van der Waals surface area (Å²) in [4.78, 5) is 19.2. The van der Waals surface area contributed by atoms with E-state index in [9.17, 15) is 4.79 Å². The highest BCUT2D eigenvalue weighted by Gasteiger charge is 2.48. The second-order valence-corrected chi connectivity index (χ2v) is 10.3. The average molecular weight is 420 g/mol. The highest BCUT2D eigenvalue weighted by atomic mass is 16.2. The molecule has 0 saturated carbocycles. The first-order valence-electron chi connectivity index (χ1n) is 11.7. The normalized spacial score (nSPS) is 20.9. The predicted molar refractivity (Wildman–Crippen MR) is 129 cm³/mol. The zero-order valence-corrected chi connectivity index (χ0v) is 19.8. The predicted octanol–water partition coefficient (Wildman–Crippen LogP) is 5.02. The molecular formula is C27H37N3O. The summed E-state index contributed by atoms with van der Waals surface area (Å²) in [5, 5.41) is 0. The molecule has 2 aromatic rings. The van der Waals surface area contributed by atoms with E-state index in [0.29, 0.717) is 6.54 Å².